The summed E-state index contributed by atoms with van der Waals surface area (Å²) in [5, 5.41) is 9.65. The molecule has 2 amide bonds. The zero-order valence-corrected chi connectivity index (χ0v) is 18.6. The summed E-state index contributed by atoms with van der Waals surface area (Å²) in [7, 11) is 1.65. The predicted octanol–water partition coefficient (Wildman–Crippen LogP) is 3.61. The van der Waals surface area contributed by atoms with E-state index in [0.717, 1.165) is 5.56 Å². The molecule has 2 aromatic carbocycles. The fourth-order valence-electron chi connectivity index (χ4n) is 3.48. The lowest BCUT2D eigenvalue weighted by Gasteiger charge is -2.15. The van der Waals surface area contributed by atoms with Crippen molar-refractivity contribution < 1.29 is 9.59 Å². The lowest BCUT2D eigenvalue weighted by atomic mass is 10.1. The van der Waals surface area contributed by atoms with Gasteiger partial charge in [-0.05, 0) is 23.8 Å². The van der Waals surface area contributed by atoms with E-state index in [0.29, 0.717) is 38.8 Å². The van der Waals surface area contributed by atoms with Crippen LogP contribution >= 0.6 is 23.2 Å². The predicted molar refractivity (Wildman–Crippen MR) is 123 cm³/mol. The lowest BCUT2D eigenvalue weighted by Crippen LogP contribution is -2.29. The monoisotopic (exact) mass is 470 g/mol. The molecule has 0 spiro atoms. The Hall–Kier alpha value is -3.36. The number of halogens is 2. The van der Waals surface area contributed by atoms with Crippen molar-refractivity contribution in [1.29, 1.82) is 0 Å². The second-order valence-corrected chi connectivity index (χ2v) is 8.25. The van der Waals surface area contributed by atoms with Gasteiger partial charge in [0.15, 0.2) is 0 Å². The molecule has 0 aliphatic rings. The highest BCUT2D eigenvalue weighted by atomic mass is 35.5. The van der Waals surface area contributed by atoms with Crippen LogP contribution in [-0.4, -0.2) is 43.7 Å². The highest BCUT2D eigenvalue weighted by molar-refractivity contribution is 6.45. The van der Waals surface area contributed by atoms with Crippen molar-refractivity contribution in [3.63, 3.8) is 0 Å². The van der Waals surface area contributed by atoms with Crippen LogP contribution in [0.2, 0.25) is 10.0 Å². The van der Waals surface area contributed by atoms with Gasteiger partial charge in [0.2, 0.25) is 5.91 Å². The Morgan fingerprint density at radius 3 is 2.66 bits per heavy atom. The number of aromatic amines is 1. The van der Waals surface area contributed by atoms with E-state index < -0.39 is 11.9 Å². The largest absolute Gasteiger partial charge is 0.368 e. The molecular weight excluding hydrogens is 451 g/mol. The normalized spacial score (nSPS) is 12.1. The molecule has 10 heteroatoms. The Kier molecular flexibility index (Phi) is 6.16. The first-order valence-corrected chi connectivity index (χ1v) is 10.5. The molecular formula is C22H20Cl2N6O2. The minimum Gasteiger partial charge on any atom is -0.368 e. The Bertz CT molecular complexity index is 1280. The van der Waals surface area contributed by atoms with Crippen LogP contribution in [0.1, 0.15) is 27.8 Å². The fraction of sp³-hybridized carbons (Fsp3) is 0.182. The van der Waals surface area contributed by atoms with Gasteiger partial charge in [-0.1, -0.05) is 58.7 Å². The molecule has 164 valence electrons. The summed E-state index contributed by atoms with van der Waals surface area (Å²) >= 11 is 12.3. The van der Waals surface area contributed by atoms with E-state index in [1.54, 1.807) is 31.4 Å². The van der Waals surface area contributed by atoms with E-state index in [2.05, 4.69) is 15.3 Å². The average Bonchev–Trinajstić information content (AvgIpc) is 3.42. The quantitative estimate of drug-likeness (QED) is 0.429. The third-order valence-corrected chi connectivity index (χ3v) is 5.96. The average molecular weight is 471 g/mol. The van der Waals surface area contributed by atoms with Crippen molar-refractivity contribution in [3.05, 3.63) is 81.7 Å². The summed E-state index contributed by atoms with van der Waals surface area (Å²) in [5.74, 6) is -0.762. The molecule has 4 rings (SSSR count). The van der Waals surface area contributed by atoms with Crippen molar-refractivity contribution >= 4 is 45.9 Å². The number of hydrogen-bond donors (Lipinski definition) is 2. The van der Waals surface area contributed by atoms with E-state index in [9.17, 15) is 9.59 Å². The van der Waals surface area contributed by atoms with Gasteiger partial charge in [-0.2, -0.15) is 0 Å². The van der Waals surface area contributed by atoms with Crippen LogP contribution in [0, 0.1) is 0 Å². The maximum Gasteiger partial charge on any atom is 0.270 e. The van der Waals surface area contributed by atoms with Gasteiger partial charge >= 0.3 is 0 Å². The van der Waals surface area contributed by atoms with Crippen molar-refractivity contribution in [1.82, 2.24) is 24.9 Å². The molecule has 3 N–H and O–H groups in total. The number of nitrogens with one attached hydrogen (secondary N) is 1. The van der Waals surface area contributed by atoms with Gasteiger partial charge in [0, 0.05) is 24.4 Å². The van der Waals surface area contributed by atoms with E-state index in [1.165, 1.54) is 9.58 Å². The van der Waals surface area contributed by atoms with Crippen LogP contribution in [-0.2, 0) is 17.8 Å². The molecule has 8 nitrogen and oxygen atoms in total. The number of hydrogen-bond acceptors (Lipinski definition) is 4. The number of nitrogens with two attached hydrogens (primary N) is 1. The standard InChI is InChI=1S/C22H20Cl2N6O2/c1-29(22(32)18-10-15-17(26-18)8-7-16(23)20(15)24)11-14-12-30(28-27-14)19(21(25)31)9-13-5-3-2-4-6-13/h2-8,10,12,19,26H,9,11H2,1H3,(H2,25,31). The van der Waals surface area contributed by atoms with Gasteiger partial charge in [0.05, 0.1) is 22.8 Å². The van der Waals surface area contributed by atoms with Gasteiger partial charge in [0.25, 0.3) is 5.91 Å². The van der Waals surface area contributed by atoms with Crippen LogP contribution in [0.3, 0.4) is 0 Å². The molecule has 2 heterocycles. The van der Waals surface area contributed by atoms with Crippen LogP contribution < -0.4 is 5.73 Å². The van der Waals surface area contributed by atoms with E-state index >= 15 is 0 Å². The van der Waals surface area contributed by atoms with Gasteiger partial charge < -0.3 is 15.6 Å². The van der Waals surface area contributed by atoms with Crippen molar-refractivity contribution in [2.24, 2.45) is 5.73 Å². The SMILES string of the molecule is CN(Cc1cn(C(Cc2ccccc2)C(N)=O)nn1)C(=O)c1cc2c(Cl)c(Cl)ccc2[nH]1. The second kappa shape index (κ2) is 9.02. The molecule has 0 bridgehead atoms. The number of primary amides is 1. The molecule has 0 radical (unpaired) electrons. The van der Waals surface area contributed by atoms with E-state index in [-0.39, 0.29) is 12.5 Å². The molecule has 0 saturated carbocycles. The summed E-state index contributed by atoms with van der Waals surface area (Å²) in [6.45, 7) is 0.194. The van der Waals surface area contributed by atoms with E-state index in [4.69, 9.17) is 28.9 Å². The summed E-state index contributed by atoms with van der Waals surface area (Å²) in [4.78, 5) is 29.5. The zero-order chi connectivity index (χ0) is 22.8. The molecule has 2 aromatic heterocycles. The number of carbonyl (C=O) groups is 2. The molecule has 4 aromatic rings. The molecule has 0 aliphatic carbocycles. The first kappa shape index (κ1) is 21.9. The minimum absolute atomic E-state index is 0.194. The molecule has 1 atom stereocenters. The van der Waals surface area contributed by atoms with Crippen molar-refractivity contribution in [2.45, 2.75) is 19.0 Å². The molecule has 0 aliphatic heterocycles. The summed E-state index contributed by atoms with van der Waals surface area (Å²) < 4.78 is 1.44. The van der Waals surface area contributed by atoms with Gasteiger partial charge in [0.1, 0.15) is 17.4 Å². The second-order valence-electron chi connectivity index (χ2n) is 7.46. The molecule has 0 saturated heterocycles. The van der Waals surface area contributed by atoms with Crippen LogP contribution in [0.15, 0.2) is 54.7 Å². The first-order valence-electron chi connectivity index (χ1n) is 9.79. The van der Waals surface area contributed by atoms with Gasteiger partial charge in [-0.3, -0.25) is 9.59 Å². The summed E-state index contributed by atoms with van der Waals surface area (Å²) in [6, 6.07) is 13.9. The number of rotatable bonds is 7. The zero-order valence-electron chi connectivity index (χ0n) is 17.1. The number of benzene rings is 2. The van der Waals surface area contributed by atoms with Crippen molar-refractivity contribution in [3.8, 4) is 0 Å². The Labute approximate surface area is 193 Å². The van der Waals surface area contributed by atoms with Crippen molar-refractivity contribution in [2.75, 3.05) is 7.05 Å². The van der Waals surface area contributed by atoms with Gasteiger partial charge in [-0.15, -0.1) is 5.10 Å². The molecule has 1 unspecified atom stereocenters. The maximum absolute atomic E-state index is 12.9. The molecule has 0 fully saturated rings. The number of aromatic nitrogens is 4. The number of nitrogens with zero attached hydrogens (tertiary/aromatic N) is 4. The van der Waals surface area contributed by atoms with Gasteiger partial charge in [-0.25, -0.2) is 4.68 Å². The summed E-state index contributed by atoms with van der Waals surface area (Å²) in [5.41, 5.74) is 8.16. The topological polar surface area (TPSA) is 110 Å². The minimum atomic E-state index is -0.680. The lowest BCUT2D eigenvalue weighted by molar-refractivity contribution is -0.121. The Morgan fingerprint density at radius 2 is 1.94 bits per heavy atom. The number of carbonyl (C=O) groups excluding carboxylic acids is 2. The number of H-pyrrole nitrogens is 1. The third kappa shape index (κ3) is 4.46. The molecule has 32 heavy (non-hydrogen) atoms. The summed E-state index contributed by atoms with van der Waals surface area (Å²) in [6.07, 6.45) is 2.02. The number of fused-ring (bicyclic) bond motifs is 1. The number of amides is 2. The first-order chi connectivity index (χ1) is 15.3. The maximum atomic E-state index is 12.9. The smallest absolute Gasteiger partial charge is 0.270 e. The Morgan fingerprint density at radius 1 is 1.19 bits per heavy atom. The third-order valence-electron chi connectivity index (χ3n) is 5.14. The Balaban J connectivity index is 1.49. The fourth-order valence-corrected chi connectivity index (χ4v) is 3.86. The van der Waals surface area contributed by atoms with Crippen LogP contribution in [0.25, 0.3) is 10.9 Å². The highest BCUT2D eigenvalue weighted by Crippen LogP contribution is 2.31. The van der Waals surface area contributed by atoms with Crippen LogP contribution in [0.5, 0.6) is 0 Å². The highest BCUT2D eigenvalue weighted by Gasteiger charge is 2.22. The van der Waals surface area contributed by atoms with E-state index in [1.807, 2.05) is 30.3 Å². The van der Waals surface area contributed by atoms with Crippen LogP contribution in [0.4, 0.5) is 0 Å².